The molecule has 0 unspecified atom stereocenters. The standard InChI is InChI=1S/C22H25NO3/c24-21(19-8-6-18(7-9-19)17-4-2-1-3-5-17)23-20-10-13-26-22(16-20)11-14-25-15-12-22/h1-9,20H,10-16H2,(H,23,24)/t20-/m0/s1. The lowest BCUT2D eigenvalue weighted by molar-refractivity contribution is -0.139. The zero-order valence-corrected chi connectivity index (χ0v) is 14.9. The number of hydrogen-bond donors (Lipinski definition) is 1. The van der Waals surface area contributed by atoms with Crippen molar-refractivity contribution in [2.24, 2.45) is 0 Å². The van der Waals surface area contributed by atoms with Crippen molar-refractivity contribution in [2.45, 2.75) is 37.3 Å². The van der Waals surface area contributed by atoms with Crippen LogP contribution < -0.4 is 5.32 Å². The van der Waals surface area contributed by atoms with Gasteiger partial charge in [0.15, 0.2) is 0 Å². The van der Waals surface area contributed by atoms with Crippen LogP contribution in [0.2, 0.25) is 0 Å². The van der Waals surface area contributed by atoms with Crippen molar-refractivity contribution >= 4 is 5.91 Å². The highest BCUT2D eigenvalue weighted by molar-refractivity contribution is 5.94. The smallest absolute Gasteiger partial charge is 0.251 e. The lowest BCUT2D eigenvalue weighted by Crippen LogP contribution is -2.51. The van der Waals surface area contributed by atoms with Gasteiger partial charge in [-0.1, -0.05) is 42.5 Å². The first kappa shape index (κ1) is 17.3. The molecule has 2 saturated heterocycles. The van der Waals surface area contributed by atoms with E-state index in [0.29, 0.717) is 12.2 Å². The number of hydrogen-bond acceptors (Lipinski definition) is 3. The zero-order valence-electron chi connectivity index (χ0n) is 14.9. The van der Waals surface area contributed by atoms with Gasteiger partial charge in [0.25, 0.3) is 5.91 Å². The number of ether oxygens (including phenoxy) is 2. The summed E-state index contributed by atoms with van der Waals surface area (Å²) >= 11 is 0. The summed E-state index contributed by atoms with van der Waals surface area (Å²) in [5.74, 6) is -0.00118. The van der Waals surface area contributed by atoms with Crippen LogP contribution in [0.15, 0.2) is 54.6 Å². The summed E-state index contributed by atoms with van der Waals surface area (Å²) in [4.78, 5) is 12.7. The Hall–Kier alpha value is -2.17. The van der Waals surface area contributed by atoms with Crippen molar-refractivity contribution in [3.05, 3.63) is 60.2 Å². The molecule has 2 aliphatic rings. The Balaban J connectivity index is 1.40. The van der Waals surface area contributed by atoms with Crippen molar-refractivity contribution in [3.8, 4) is 11.1 Å². The molecular weight excluding hydrogens is 326 g/mol. The van der Waals surface area contributed by atoms with Gasteiger partial charge in [0.1, 0.15) is 0 Å². The van der Waals surface area contributed by atoms with Crippen LogP contribution in [0.1, 0.15) is 36.0 Å². The van der Waals surface area contributed by atoms with Crippen molar-refractivity contribution in [2.75, 3.05) is 19.8 Å². The van der Waals surface area contributed by atoms with E-state index in [-0.39, 0.29) is 17.6 Å². The average molecular weight is 351 g/mol. The fourth-order valence-electron chi connectivity index (χ4n) is 3.96. The number of carbonyl (C=O) groups excluding carboxylic acids is 1. The summed E-state index contributed by atoms with van der Waals surface area (Å²) in [6.07, 6.45) is 3.59. The number of benzene rings is 2. The molecule has 2 aromatic carbocycles. The van der Waals surface area contributed by atoms with E-state index in [1.807, 2.05) is 42.5 Å². The van der Waals surface area contributed by atoms with E-state index in [4.69, 9.17) is 9.47 Å². The van der Waals surface area contributed by atoms with E-state index in [1.54, 1.807) is 0 Å². The maximum atomic E-state index is 12.7. The first-order valence-electron chi connectivity index (χ1n) is 9.42. The zero-order chi connectivity index (χ0) is 17.8. The Kier molecular flexibility index (Phi) is 5.05. The second kappa shape index (κ2) is 7.60. The van der Waals surface area contributed by atoms with Gasteiger partial charge in [0, 0.05) is 31.4 Å². The van der Waals surface area contributed by atoms with Gasteiger partial charge in [0.2, 0.25) is 0 Å². The van der Waals surface area contributed by atoms with Crippen molar-refractivity contribution in [3.63, 3.8) is 0 Å². The van der Waals surface area contributed by atoms with E-state index in [0.717, 1.165) is 50.0 Å². The molecule has 26 heavy (non-hydrogen) atoms. The Morgan fingerprint density at radius 3 is 2.35 bits per heavy atom. The predicted molar refractivity (Wildman–Crippen MR) is 101 cm³/mol. The molecule has 4 nitrogen and oxygen atoms in total. The highest BCUT2D eigenvalue weighted by Gasteiger charge is 2.39. The van der Waals surface area contributed by atoms with Crippen LogP contribution in [0.3, 0.4) is 0 Å². The molecule has 2 fully saturated rings. The van der Waals surface area contributed by atoms with Crippen LogP contribution in [-0.4, -0.2) is 37.4 Å². The number of nitrogens with one attached hydrogen (secondary N) is 1. The molecule has 0 radical (unpaired) electrons. The summed E-state index contributed by atoms with van der Waals surface area (Å²) in [7, 11) is 0. The Morgan fingerprint density at radius 1 is 0.923 bits per heavy atom. The van der Waals surface area contributed by atoms with Crippen LogP contribution in [0.5, 0.6) is 0 Å². The molecule has 1 amide bonds. The Morgan fingerprint density at radius 2 is 1.62 bits per heavy atom. The molecule has 1 spiro atoms. The molecule has 2 aromatic rings. The number of rotatable bonds is 3. The van der Waals surface area contributed by atoms with Gasteiger partial charge < -0.3 is 14.8 Å². The molecule has 1 N–H and O–H groups in total. The Labute approximate surface area is 154 Å². The molecule has 0 aromatic heterocycles. The normalized spacial score (nSPS) is 22.1. The lowest BCUT2D eigenvalue weighted by atomic mass is 9.84. The molecule has 2 heterocycles. The third-order valence-electron chi connectivity index (χ3n) is 5.49. The molecule has 0 aliphatic carbocycles. The Bertz CT molecular complexity index is 730. The molecule has 136 valence electrons. The van der Waals surface area contributed by atoms with Crippen LogP contribution >= 0.6 is 0 Å². The minimum atomic E-state index is -0.106. The van der Waals surface area contributed by atoms with Crippen LogP contribution in [-0.2, 0) is 9.47 Å². The van der Waals surface area contributed by atoms with Crippen molar-refractivity contribution in [1.29, 1.82) is 0 Å². The van der Waals surface area contributed by atoms with Crippen molar-refractivity contribution < 1.29 is 14.3 Å². The summed E-state index contributed by atoms with van der Waals surface area (Å²) in [6.45, 7) is 2.21. The predicted octanol–water partition coefficient (Wildman–Crippen LogP) is 3.81. The maximum absolute atomic E-state index is 12.7. The van der Waals surface area contributed by atoms with E-state index in [9.17, 15) is 4.79 Å². The maximum Gasteiger partial charge on any atom is 0.251 e. The second-order valence-electron chi connectivity index (χ2n) is 7.25. The highest BCUT2D eigenvalue weighted by Crippen LogP contribution is 2.34. The van der Waals surface area contributed by atoms with Crippen LogP contribution in [0.25, 0.3) is 11.1 Å². The van der Waals surface area contributed by atoms with E-state index in [2.05, 4.69) is 17.4 Å². The third kappa shape index (κ3) is 3.81. The molecular formula is C22H25NO3. The third-order valence-corrected chi connectivity index (χ3v) is 5.49. The molecule has 0 bridgehead atoms. The summed E-state index contributed by atoms with van der Waals surface area (Å²) < 4.78 is 11.5. The summed E-state index contributed by atoms with van der Waals surface area (Å²) in [5, 5.41) is 3.21. The van der Waals surface area contributed by atoms with Gasteiger partial charge in [-0.05, 0) is 48.9 Å². The summed E-state index contributed by atoms with van der Waals surface area (Å²) in [5.41, 5.74) is 2.88. The number of carbonyl (C=O) groups is 1. The van der Waals surface area contributed by atoms with Gasteiger partial charge in [0.05, 0.1) is 5.60 Å². The van der Waals surface area contributed by atoms with E-state index >= 15 is 0 Å². The van der Waals surface area contributed by atoms with Crippen LogP contribution in [0, 0.1) is 0 Å². The van der Waals surface area contributed by atoms with E-state index in [1.165, 1.54) is 0 Å². The first-order valence-corrected chi connectivity index (χ1v) is 9.42. The minimum absolute atomic E-state index is 0.00118. The minimum Gasteiger partial charge on any atom is -0.381 e. The van der Waals surface area contributed by atoms with E-state index < -0.39 is 0 Å². The molecule has 4 heteroatoms. The fourth-order valence-corrected chi connectivity index (χ4v) is 3.96. The second-order valence-corrected chi connectivity index (χ2v) is 7.25. The lowest BCUT2D eigenvalue weighted by Gasteiger charge is -2.43. The molecule has 1 atom stereocenters. The fraction of sp³-hybridized carbons (Fsp3) is 0.409. The van der Waals surface area contributed by atoms with Crippen LogP contribution in [0.4, 0.5) is 0 Å². The summed E-state index contributed by atoms with van der Waals surface area (Å²) in [6, 6.07) is 18.2. The average Bonchev–Trinajstić information content (AvgIpc) is 2.69. The van der Waals surface area contributed by atoms with Gasteiger partial charge in [-0.25, -0.2) is 0 Å². The highest BCUT2D eigenvalue weighted by atomic mass is 16.5. The molecule has 2 aliphatic heterocycles. The molecule has 4 rings (SSSR count). The van der Waals surface area contributed by atoms with Gasteiger partial charge in [-0.3, -0.25) is 4.79 Å². The molecule has 0 saturated carbocycles. The topological polar surface area (TPSA) is 47.6 Å². The van der Waals surface area contributed by atoms with Gasteiger partial charge >= 0.3 is 0 Å². The monoisotopic (exact) mass is 351 g/mol. The van der Waals surface area contributed by atoms with Gasteiger partial charge in [-0.2, -0.15) is 0 Å². The first-order chi connectivity index (χ1) is 12.7. The largest absolute Gasteiger partial charge is 0.381 e. The quantitative estimate of drug-likeness (QED) is 0.915. The van der Waals surface area contributed by atoms with Crippen molar-refractivity contribution in [1.82, 2.24) is 5.32 Å². The number of amides is 1. The van der Waals surface area contributed by atoms with Gasteiger partial charge in [-0.15, -0.1) is 0 Å². The SMILES string of the molecule is O=C(N[C@H]1CCOC2(CCOCC2)C1)c1ccc(-c2ccccc2)cc1.